The molecule has 0 saturated carbocycles. The average Bonchev–Trinajstić information content (AvgIpc) is 2.90. The van der Waals surface area contributed by atoms with Gasteiger partial charge < -0.3 is 8.85 Å². The van der Waals surface area contributed by atoms with Gasteiger partial charge in [0.05, 0.1) is 13.2 Å². The summed E-state index contributed by atoms with van der Waals surface area (Å²) in [7, 11) is -3.68. The lowest BCUT2D eigenvalue weighted by atomic mass is 10.00. The molecule has 3 nitrogen and oxygen atoms in total. The molecule has 0 radical (unpaired) electrons. The Bertz CT molecular complexity index is 737. The minimum absolute atomic E-state index is 0.156. The van der Waals surface area contributed by atoms with Crippen LogP contribution in [-0.2, 0) is 28.5 Å². The Kier molecular flexibility index (Phi) is 6.57. The second-order valence-electron chi connectivity index (χ2n) is 11.3. The van der Waals surface area contributed by atoms with E-state index in [1.54, 1.807) is 0 Å². The minimum Gasteiger partial charge on any atom is -0.413 e. The van der Waals surface area contributed by atoms with Crippen LogP contribution >= 0.6 is 0 Å². The molecule has 0 bridgehead atoms. The summed E-state index contributed by atoms with van der Waals surface area (Å²) in [4.78, 5) is 12.5. The minimum atomic E-state index is -1.87. The predicted molar refractivity (Wildman–Crippen MR) is 123 cm³/mol. The largest absolute Gasteiger partial charge is 0.413 e. The molecule has 1 aromatic rings. The summed E-state index contributed by atoms with van der Waals surface area (Å²) in [5.41, 5.74) is 4.32. The van der Waals surface area contributed by atoms with E-state index < -0.39 is 16.6 Å². The van der Waals surface area contributed by atoms with Gasteiger partial charge in [-0.15, -0.1) is 0 Å². The van der Waals surface area contributed by atoms with Gasteiger partial charge in [-0.3, -0.25) is 4.79 Å². The van der Waals surface area contributed by atoms with Crippen molar-refractivity contribution >= 4 is 22.4 Å². The molecule has 1 aliphatic rings. The van der Waals surface area contributed by atoms with Gasteiger partial charge in [-0.2, -0.15) is 0 Å². The van der Waals surface area contributed by atoms with Crippen LogP contribution in [-0.4, -0.2) is 22.4 Å². The van der Waals surface area contributed by atoms with E-state index in [0.717, 1.165) is 17.5 Å². The summed E-state index contributed by atoms with van der Waals surface area (Å²) >= 11 is 0. The smallest absolute Gasteiger partial charge is 0.192 e. The van der Waals surface area contributed by atoms with Gasteiger partial charge >= 0.3 is 0 Å². The third-order valence-corrected chi connectivity index (χ3v) is 16.0. The van der Waals surface area contributed by atoms with Gasteiger partial charge in [0.1, 0.15) is 0 Å². The third kappa shape index (κ3) is 5.04. The number of carbonyl (C=O) groups is 1. The highest BCUT2D eigenvalue weighted by atomic mass is 28.4. The summed E-state index contributed by atoms with van der Waals surface area (Å²) < 4.78 is 12.9. The van der Waals surface area contributed by atoms with E-state index in [0.29, 0.717) is 19.6 Å². The van der Waals surface area contributed by atoms with Crippen molar-refractivity contribution in [2.45, 2.75) is 104 Å². The zero-order chi connectivity index (χ0) is 21.5. The van der Waals surface area contributed by atoms with E-state index in [-0.39, 0.29) is 15.9 Å². The number of rotatable bonds is 6. The van der Waals surface area contributed by atoms with E-state index in [2.05, 4.69) is 79.9 Å². The Hall–Kier alpha value is -0.756. The van der Waals surface area contributed by atoms with Crippen LogP contribution in [0, 0.1) is 0 Å². The van der Waals surface area contributed by atoms with Crippen LogP contribution in [0.25, 0.3) is 0 Å². The highest BCUT2D eigenvalue weighted by molar-refractivity contribution is 6.74. The van der Waals surface area contributed by atoms with Crippen molar-refractivity contribution in [2.24, 2.45) is 0 Å². The Balaban J connectivity index is 2.27. The first-order valence-electron chi connectivity index (χ1n) is 10.5. The number of fused-ring (bicyclic) bond motifs is 1. The molecule has 158 valence electrons. The van der Waals surface area contributed by atoms with Gasteiger partial charge in [0.15, 0.2) is 22.4 Å². The molecule has 0 heterocycles. The quantitative estimate of drug-likeness (QED) is 0.472. The van der Waals surface area contributed by atoms with Gasteiger partial charge in [-0.05, 0) is 59.4 Å². The van der Waals surface area contributed by atoms with Crippen LogP contribution < -0.4 is 0 Å². The third-order valence-electron chi connectivity index (χ3n) is 7.06. The van der Waals surface area contributed by atoms with Gasteiger partial charge in [-0.25, -0.2) is 0 Å². The number of carbonyl (C=O) groups excluding carboxylic acids is 1. The molecular weight excluding hydrogens is 380 g/mol. The number of ketones is 1. The van der Waals surface area contributed by atoms with Crippen LogP contribution in [0.4, 0.5) is 0 Å². The summed E-state index contributed by atoms with van der Waals surface area (Å²) in [6.45, 7) is 23.8. The van der Waals surface area contributed by atoms with Crippen LogP contribution in [0.1, 0.15) is 75.0 Å². The lowest BCUT2D eigenvalue weighted by Gasteiger charge is -2.36. The molecule has 0 spiro atoms. The van der Waals surface area contributed by atoms with Crippen molar-refractivity contribution in [1.82, 2.24) is 0 Å². The van der Waals surface area contributed by atoms with E-state index in [1.807, 2.05) is 0 Å². The second-order valence-corrected chi connectivity index (χ2v) is 20.9. The summed E-state index contributed by atoms with van der Waals surface area (Å²) in [5, 5.41) is 0.344. The lowest BCUT2D eigenvalue weighted by Crippen LogP contribution is -2.40. The zero-order valence-corrected chi connectivity index (χ0v) is 21.7. The van der Waals surface area contributed by atoms with Gasteiger partial charge in [0.25, 0.3) is 0 Å². The molecule has 1 aliphatic carbocycles. The lowest BCUT2D eigenvalue weighted by molar-refractivity contribution is 0.0992. The molecule has 28 heavy (non-hydrogen) atoms. The number of Topliss-reactive ketones (excluding diaryl/α,β-unsaturated/α-hetero) is 1. The van der Waals surface area contributed by atoms with Crippen LogP contribution in [0.3, 0.4) is 0 Å². The fraction of sp³-hybridized carbons (Fsp3) is 0.696. The molecular formula is C23H40O3Si2. The molecule has 0 atom stereocenters. The fourth-order valence-electron chi connectivity index (χ4n) is 2.92. The molecule has 2 rings (SSSR count). The van der Waals surface area contributed by atoms with E-state index in [9.17, 15) is 4.79 Å². The molecule has 0 saturated heterocycles. The second kappa shape index (κ2) is 7.82. The Labute approximate surface area is 174 Å². The Morgan fingerprint density at radius 1 is 0.821 bits per heavy atom. The fourth-order valence-corrected chi connectivity index (χ4v) is 4.83. The number of hydrogen-bond donors (Lipinski definition) is 0. The molecule has 0 unspecified atom stereocenters. The van der Waals surface area contributed by atoms with Crippen molar-refractivity contribution in [1.29, 1.82) is 0 Å². The SMILES string of the molecule is CC(C)(C)[Si](C)(C)OCc1cc2c(c(CO[Si](C)(C)C(C)(C)C)c1)C(=O)CC2. The molecule has 0 fully saturated rings. The maximum absolute atomic E-state index is 12.5. The van der Waals surface area contributed by atoms with E-state index in [4.69, 9.17) is 8.85 Å². The standard InChI is InChI=1S/C23H40O3Si2/c1-22(2,3)27(7,8)25-15-17-13-18-11-12-20(24)21(18)19(14-17)16-26-28(9,10)23(4,5)6/h13-14H,11-12,15-16H2,1-10H3. The highest BCUT2D eigenvalue weighted by Crippen LogP contribution is 2.39. The number of aryl methyl sites for hydroxylation is 1. The van der Waals surface area contributed by atoms with Crippen molar-refractivity contribution in [3.63, 3.8) is 0 Å². The van der Waals surface area contributed by atoms with E-state index >= 15 is 0 Å². The normalized spacial score (nSPS) is 15.9. The van der Waals surface area contributed by atoms with Gasteiger partial charge in [0, 0.05) is 12.0 Å². The van der Waals surface area contributed by atoms with Crippen LogP contribution in [0.2, 0.25) is 36.3 Å². The molecule has 1 aromatic carbocycles. The van der Waals surface area contributed by atoms with Crippen molar-refractivity contribution < 1.29 is 13.6 Å². The number of benzene rings is 1. The highest BCUT2D eigenvalue weighted by Gasteiger charge is 2.38. The Morgan fingerprint density at radius 2 is 1.32 bits per heavy atom. The molecule has 0 N–H and O–H groups in total. The Morgan fingerprint density at radius 3 is 1.82 bits per heavy atom. The zero-order valence-electron chi connectivity index (χ0n) is 19.7. The first-order chi connectivity index (χ1) is 12.6. The summed E-state index contributed by atoms with van der Waals surface area (Å²) in [5.74, 6) is 0.265. The van der Waals surface area contributed by atoms with Gasteiger partial charge in [-0.1, -0.05) is 53.7 Å². The van der Waals surface area contributed by atoms with Crippen molar-refractivity contribution in [2.75, 3.05) is 0 Å². The van der Waals surface area contributed by atoms with Crippen molar-refractivity contribution in [3.8, 4) is 0 Å². The maximum Gasteiger partial charge on any atom is 0.192 e. The average molecular weight is 421 g/mol. The first-order valence-corrected chi connectivity index (χ1v) is 16.3. The summed E-state index contributed by atoms with van der Waals surface area (Å²) in [6, 6.07) is 4.34. The maximum atomic E-state index is 12.5. The first kappa shape index (κ1) is 23.5. The molecule has 5 heteroatoms. The van der Waals surface area contributed by atoms with Gasteiger partial charge in [0.2, 0.25) is 0 Å². The van der Waals surface area contributed by atoms with Crippen molar-refractivity contribution in [3.05, 3.63) is 34.4 Å². The topological polar surface area (TPSA) is 35.5 Å². The monoisotopic (exact) mass is 420 g/mol. The summed E-state index contributed by atoms with van der Waals surface area (Å²) in [6.07, 6.45) is 1.46. The number of hydrogen-bond acceptors (Lipinski definition) is 3. The molecule has 0 aliphatic heterocycles. The van der Waals surface area contributed by atoms with E-state index in [1.165, 1.54) is 11.1 Å². The van der Waals surface area contributed by atoms with Crippen LogP contribution in [0.15, 0.2) is 12.1 Å². The molecule has 0 amide bonds. The predicted octanol–water partition coefficient (Wildman–Crippen LogP) is 6.86. The molecule has 0 aromatic heterocycles. The van der Waals surface area contributed by atoms with Crippen LogP contribution in [0.5, 0.6) is 0 Å².